The molecular formula is C58H78N6O16S2. The van der Waals surface area contributed by atoms with Gasteiger partial charge < -0.3 is 59.9 Å². The number of carbonyl (C=O) groups is 2. The van der Waals surface area contributed by atoms with E-state index in [4.69, 9.17) is 43.8 Å². The minimum Gasteiger partial charge on any atom is -0.443 e. The number of benzene rings is 4. The molecule has 0 radical (unpaired) electrons. The Labute approximate surface area is 480 Å². The second-order valence-electron chi connectivity index (χ2n) is 21.9. The smallest absolute Gasteiger partial charge is 0.407 e. The second kappa shape index (κ2) is 28.4. The maximum atomic E-state index is 13.9. The van der Waals surface area contributed by atoms with Crippen LogP contribution in [0.15, 0.2) is 119 Å². The Balaban J connectivity index is 0.000000198. The second-order valence-corrected chi connectivity index (χ2v) is 25.6. The Bertz CT molecular complexity index is 2920. The molecule has 10 rings (SSSR count). The van der Waals surface area contributed by atoms with Gasteiger partial charge in [-0.05, 0) is 98.9 Å². The summed E-state index contributed by atoms with van der Waals surface area (Å²) in [6.45, 7) is 0.780. The molecule has 4 aromatic carbocycles. The van der Waals surface area contributed by atoms with Crippen molar-refractivity contribution in [2.45, 2.75) is 148 Å². The fraction of sp³-hybridized carbons (Fsp3) is 0.552. The summed E-state index contributed by atoms with van der Waals surface area (Å²) in [5, 5.41) is 28.5. The minimum absolute atomic E-state index is 0.0355. The summed E-state index contributed by atoms with van der Waals surface area (Å²) < 4.78 is 90.4. The van der Waals surface area contributed by atoms with Gasteiger partial charge in [0, 0.05) is 25.5 Å². The number of fused-ring (bicyclic) bond motifs is 2. The van der Waals surface area contributed by atoms with Gasteiger partial charge in [0.05, 0.1) is 97.6 Å². The molecule has 4 aromatic rings. The summed E-state index contributed by atoms with van der Waals surface area (Å²) in [5.41, 5.74) is 8.58. The van der Waals surface area contributed by atoms with Gasteiger partial charge in [-0.2, -0.15) is 0 Å². The zero-order chi connectivity index (χ0) is 57.8. The maximum Gasteiger partial charge on any atom is 0.407 e. The van der Waals surface area contributed by atoms with Crippen molar-refractivity contribution in [1.82, 2.24) is 19.6 Å². The zero-order valence-electron chi connectivity index (χ0n) is 46.4. The summed E-state index contributed by atoms with van der Waals surface area (Å²) in [4.78, 5) is 39.9. The van der Waals surface area contributed by atoms with Crippen LogP contribution in [0.25, 0.3) is 0 Å². The van der Waals surface area contributed by atoms with Crippen LogP contribution in [0.5, 0.6) is 0 Å². The lowest BCUT2D eigenvalue weighted by atomic mass is 10.0. The van der Waals surface area contributed by atoms with Gasteiger partial charge in [-0.3, -0.25) is 9.68 Å². The van der Waals surface area contributed by atoms with Crippen LogP contribution in [0.3, 0.4) is 0 Å². The molecule has 0 aromatic heterocycles. The highest BCUT2D eigenvalue weighted by Crippen LogP contribution is 2.35. The molecule has 6 fully saturated rings. The molecule has 4 saturated heterocycles. The summed E-state index contributed by atoms with van der Waals surface area (Å²) >= 11 is 0. The van der Waals surface area contributed by atoms with Crippen LogP contribution in [0, 0.1) is 11.8 Å². The molecule has 24 heteroatoms. The fourth-order valence-corrected chi connectivity index (χ4v) is 13.8. The number of rotatable bonds is 23. The van der Waals surface area contributed by atoms with Crippen molar-refractivity contribution in [3.05, 3.63) is 120 Å². The lowest BCUT2D eigenvalue weighted by molar-refractivity contribution is -0.145. The summed E-state index contributed by atoms with van der Waals surface area (Å²) in [6.07, 6.45) is 2.29. The van der Waals surface area contributed by atoms with Crippen LogP contribution in [0.4, 0.5) is 21.0 Å². The number of anilines is 2. The molecule has 22 nitrogen and oxygen atoms in total. The van der Waals surface area contributed by atoms with E-state index in [1.807, 2.05) is 85.7 Å². The van der Waals surface area contributed by atoms with Crippen LogP contribution < -0.4 is 21.3 Å². The van der Waals surface area contributed by atoms with Crippen molar-refractivity contribution in [1.29, 1.82) is 0 Å². The number of hydrogen-bond acceptors (Lipinski definition) is 18. The molecule has 6 N–H and O–H groups in total. The molecule has 0 unspecified atom stereocenters. The number of carbonyl (C=O) groups excluding carboxylic acids is 2. The van der Waals surface area contributed by atoms with Crippen molar-refractivity contribution in [3.63, 3.8) is 0 Å². The van der Waals surface area contributed by atoms with E-state index in [-0.39, 0.29) is 79.0 Å². The van der Waals surface area contributed by atoms with Gasteiger partial charge in [0.25, 0.3) is 20.0 Å². The molecule has 0 bridgehead atoms. The van der Waals surface area contributed by atoms with Gasteiger partial charge >= 0.3 is 12.2 Å². The number of ether oxygens (including phenoxy) is 6. The Hall–Kier alpha value is -5.48. The monoisotopic (exact) mass is 1180 g/mol. The number of hydrogen-bond donors (Lipinski definition) is 5. The number of sulfonamides is 2. The number of nitrogens with zero attached hydrogens (tertiary/aromatic N) is 3. The Morgan fingerprint density at radius 1 is 0.585 bits per heavy atom. The quantitative estimate of drug-likeness (QED) is 0.0442. The van der Waals surface area contributed by atoms with Crippen molar-refractivity contribution in [2.75, 3.05) is 64.2 Å². The maximum absolute atomic E-state index is 13.9. The van der Waals surface area contributed by atoms with Gasteiger partial charge in [-0.1, -0.05) is 107 Å². The number of nitrogens with two attached hydrogens (primary N) is 1. The molecule has 82 heavy (non-hydrogen) atoms. The molecule has 2 amide bonds. The number of aliphatic hydroxyl groups excluding tert-OH is 2. The summed E-state index contributed by atoms with van der Waals surface area (Å²) in [7, 11) is -4.66. The number of aliphatic hydroxyl groups is 2. The van der Waals surface area contributed by atoms with E-state index in [1.165, 1.54) is 18.2 Å². The molecule has 2 aliphatic carbocycles. The molecule has 4 heterocycles. The Morgan fingerprint density at radius 3 is 1.44 bits per heavy atom. The van der Waals surface area contributed by atoms with E-state index in [2.05, 4.69) is 10.6 Å². The normalized spacial score (nSPS) is 24.3. The van der Waals surface area contributed by atoms with Crippen molar-refractivity contribution in [2.24, 2.45) is 11.8 Å². The summed E-state index contributed by atoms with van der Waals surface area (Å²) in [6, 6.07) is 29.5. The van der Waals surface area contributed by atoms with Gasteiger partial charge in [0.15, 0.2) is 12.6 Å². The Kier molecular flexibility index (Phi) is 21.2. The van der Waals surface area contributed by atoms with E-state index in [0.29, 0.717) is 31.7 Å². The number of hydroxylamine groups is 2. The topological polar surface area (TPSA) is 277 Å². The van der Waals surface area contributed by atoms with Crippen LogP contribution in [0.2, 0.25) is 0 Å². The molecule has 448 valence electrons. The van der Waals surface area contributed by atoms with Gasteiger partial charge in [0.1, 0.15) is 12.2 Å². The van der Waals surface area contributed by atoms with Crippen LogP contribution >= 0.6 is 0 Å². The first kappa shape index (κ1) is 61.1. The van der Waals surface area contributed by atoms with Gasteiger partial charge in [-0.25, -0.2) is 26.4 Å². The van der Waals surface area contributed by atoms with E-state index in [0.717, 1.165) is 77.1 Å². The Morgan fingerprint density at radius 2 is 1.01 bits per heavy atom. The predicted molar refractivity (Wildman–Crippen MR) is 300 cm³/mol. The van der Waals surface area contributed by atoms with Crippen molar-refractivity contribution >= 4 is 43.6 Å². The van der Waals surface area contributed by atoms with E-state index < -0.39 is 75.3 Å². The largest absolute Gasteiger partial charge is 0.443 e. The lowest BCUT2D eigenvalue weighted by Crippen LogP contribution is -2.51. The number of nitrogen functional groups attached to an aromatic ring is 1. The molecule has 4 aliphatic heterocycles. The van der Waals surface area contributed by atoms with E-state index in [1.54, 1.807) is 24.3 Å². The third-order valence-corrected chi connectivity index (χ3v) is 19.0. The molecule has 0 spiro atoms. The number of alkyl carbamates (subject to hydrolysis) is 2. The van der Waals surface area contributed by atoms with Gasteiger partial charge in [0.2, 0.25) is 0 Å². The van der Waals surface area contributed by atoms with Crippen molar-refractivity contribution in [3.8, 4) is 0 Å². The van der Waals surface area contributed by atoms with Crippen LogP contribution in [-0.2, 0) is 71.0 Å². The van der Waals surface area contributed by atoms with E-state index in [9.17, 15) is 36.6 Å². The number of nitrogens with one attached hydrogen (secondary N) is 2. The highest BCUT2D eigenvalue weighted by atomic mass is 32.2. The minimum atomic E-state index is -4.17. The van der Waals surface area contributed by atoms with Gasteiger partial charge in [-0.15, -0.1) is 0 Å². The van der Waals surface area contributed by atoms with Crippen LogP contribution in [-0.4, -0.2) is 163 Å². The SMILES string of the molecule is CN(C)c1cccc(S(=O)(=O)N(C[C@@H](O)[C@H](Cc2ccccc2)NC(=O)O[C@H]2CO[C@H]3OCC[C@H]32)OC2CCCC2)c1.Nc1cccc(S(=O)(=O)N(C[C@@H](O)[C@H](Cc2ccccc2)NC(=O)O[C@H]2CO[C@H]3OCC[C@H]32)OC2CCCC2)c1. The van der Waals surface area contributed by atoms with E-state index >= 15 is 0 Å². The molecule has 6 aliphatic rings. The fourth-order valence-electron chi connectivity index (χ4n) is 11.2. The first-order valence-corrected chi connectivity index (χ1v) is 31.2. The molecule has 2 saturated carbocycles. The lowest BCUT2D eigenvalue weighted by Gasteiger charge is -2.31. The highest BCUT2D eigenvalue weighted by molar-refractivity contribution is 7.89. The zero-order valence-corrected chi connectivity index (χ0v) is 48.0. The molecular weight excluding hydrogens is 1100 g/mol. The average Bonchev–Trinajstić information content (AvgIpc) is 4.34. The summed E-state index contributed by atoms with van der Waals surface area (Å²) in [5.74, 6) is -0.0753. The van der Waals surface area contributed by atoms with Crippen LogP contribution in [0.1, 0.15) is 75.3 Å². The standard InChI is InChI=1S/C30H41N3O8S.C28H37N3O8S/c1-32(2)22-11-8-14-24(18-22)42(36,37)33(41-23-12-6-7-13-23)19-27(34)26(17-21-9-4-3-5-10-21)31-30(35)40-28-20-39-29-25(28)15-16-38-29;29-20-9-6-12-22(16-20)40(34,35)31(39-21-10-4-5-11-21)17-25(32)24(15-19-7-2-1-3-8-19)30-28(33)38-26-18-37-27-23(26)13-14-36-27/h3-5,8-11,14,18,23,25-29,34H,6-7,12-13,15-17,19-20H2,1-2H3,(H,31,35);1-3,6-9,12,16,21,23-27,32H,4-5,10-11,13-15,17-18,29H2,(H,30,33)/t25-,26-,27+,28-,29+;23-,24-,25+,26-,27+/m00/s1. The average molecular weight is 1180 g/mol. The first-order valence-electron chi connectivity index (χ1n) is 28.4. The third-order valence-electron chi connectivity index (χ3n) is 15.8. The first-order chi connectivity index (χ1) is 39.5. The number of amides is 2. The third kappa shape index (κ3) is 16.0. The predicted octanol–water partition coefficient (Wildman–Crippen LogP) is 5.67. The van der Waals surface area contributed by atoms with Crippen molar-refractivity contribution < 1.29 is 74.7 Å². The molecule has 10 atom stereocenters. The highest BCUT2D eigenvalue weighted by Gasteiger charge is 2.46.